The van der Waals surface area contributed by atoms with Gasteiger partial charge in [-0.3, -0.25) is 4.79 Å². The number of hydrogen-bond acceptors (Lipinski definition) is 1. The van der Waals surface area contributed by atoms with Gasteiger partial charge in [0.15, 0.2) is 0 Å². The van der Waals surface area contributed by atoms with Crippen LogP contribution in [0.15, 0.2) is 67.8 Å². The molecule has 1 heterocycles. The van der Waals surface area contributed by atoms with Crippen molar-refractivity contribution in [1.29, 1.82) is 0 Å². The summed E-state index contributed by atoms with van der Waals surface area (Å²) in [4.78, 5) is 14.5. The van der Waals surface area contributed by atoms with Gasteiger partial charge in [-0.2, -0.15) is 0 Å². The molecule has 2 heteroatoms. The summed E-state index contributed by atoms with van der Waals surface area (Å²) < 4.78 is 0. The number of amides is 1. The van der Waals surface area contributed by atoms with E-state index in [4.69, 9.17) is 0 Å². The third-order valence-corrected chi connectivity index (χ3v) is 3.60. The summed E-state index contributed by atoms with van der Waals surface area (Å²) in [5.74, 6) is 0.113. The fraction of sp³-hybridized carbons (Fsp3) is 0.278. The molecule has 1 aliphatic heterocycles. The van der Waals surface area contributed by atoms with Crippen LogP contribution in [0, 0.1) is 5.92 Å². The molecule has 20 heavy (non-hydrogen) atoms. The Labute approximate surface area is 121 Å². The quantitative estimate of drug-likeness (QED) is 0.724. The first-order valence-corrected chi connectivity index (χ1v) is 7.00. The molecule has 0 fully saturated rings. The van der Waals surface area contributed by atoms with Crippen LogP contribution in [-0.2, 0) is 11.2 Å². The summed E-state index contributed by atoms with van der Waals surface area (Å²) in [5, 5.41) is 0. The van der Waals surface area contributed by atoms with Gasteiger partial charge in [-0.05, 0) is 18.4 Å². The Morgan fingerprint density at radius 3 is 2.50 bits per heavy atom. The molecule has 1 aromatic carbocycles. The second-order valence-electron chi connectivity index (χ2n) is 5.05. The van der Waals surface area contributed by atoms with E-state index in [1.807, 2.05) is 35.3 Å². The molecule has 0 N–H and O–H groups in total. The van der Waals surface area contributed by atoms with Crippen molar-refractivity contribution in [2.45, 2.75) is 18.9 Å². The highest BCUT2D eigenvalue weighted by molar-refractivity contribution is 5.82. The summed E-state index contributed by atoms with van der Waals surface area (Å²) in [7, 11) is 0. The van der Waals surface area contributed by atoms with Crippen LogP contribution in [0.3, 0.4) is 0 Å². The maximum absolute atomic E-state index is 12.6. The standard InChI is InChI=1S/C18H21NO/c1-3-8-17-12-11-16(18(20)19(17)13-4-2)14-15-9-6-5-7-10-15/h3-7,9-12,16-17H,1-2,8,13-14H2/t16?,17-/m0/s1. The maximum atomic E-state index is 12.6. The Morgan fingerprint density at radius 2 is 1.85 bits per heavy atom. The second-order valence-corrected chi connectivity index (χ2v) is 5.05. The number of benzene rings is 1. The Hall–Kier alpha value is -2.09. The molecule has 0 aliphatic carbocycles. The van der Waals surface area contributed by atoms with E-state index in [1.165, 1.54) is 5.56 Å². The molecule has 0 saturated heterocycles. The third-order valence-electron chi connectivity index (χ3n) is 3.60. The predicted molar refractivity (Wildman–Crippen MR) is 83.3 cm³/mol. The Bertz CT molecular complexity index is 503. The van der Waals surface area contributed by atoms with Crippen molar-refractivity contribution < 1.29 is 4.79 Å². The molecule has 0 aromatic heterocycles. The lowest BCUT2D eigenvalue weighted by Crippen LogP contribution is -2.45. The Kier molecular flexibility index (Phi) is 4.94. The molecule has 0 radical (unpaired) electrons. The molecule has 1 amide bonds. The molecule has 1 aliphatic rings. The lowest BCUT2D eigenvalue weighted by atomic mass is 9.92. The number of hydrogen-bond donors (Lipinski definition) is 0. The number of carbonyl (C=O) groups is 1. The zero-order valence-corrected chi connectivity index (χ0v) is 11.7. The van der Waals surface area contributed by atoms with Crippen LogP contribution >= 0.6 is 0 Å². The van der Waals surface area contributed by atoms with Gasteiger partial charge in [-0.1, -0.05) is 54.6 Å². The van der Waals surface area contributed by atoms with E-state index in [0.717, 1.165) is 12.8 Å². The molecule has 0 saturated carbocycles. The van der Waals surface area contributed by atoms with Crippen LogP contribution in [0.5, 0.6) is 0 Å². The highest BCUT2D eigenvalue weighted by Crippen LogP contribution is 2.22. The average molecular weight is 267 g/mol. The van der Waals surface area contributed by atoms with Gasteiger partial charge in [0.25, 0.3) is 0 Å². The van der Waals surface area contributed by atoms with E-state index in [0.29, 0.717) is 6.54 Å². The summed E-state index contributed by atoms with van der Waals surface area (Å²) in [6, 6.07) is 10.3. The minimum absolute atomic E-state index is 0.0709. The van der Waals surface area contributed by atoms with Gasteiger partial charge in [-0.25, -0.2) is 0 Å². The predicted octanol–water partition coefficient (Wildman–Crippen LogP) is 3.37. The highest BCUT2D eigenvalue weighted by Gasteiger charge is 2.29. The van der Waals surface area contributed by atoms with Gasteiger partial charge in [0.05, 0.1) is 12.0 Å². The zero-order valence-electron chi connectivity index (χ0n) is 11.7. The Morgan fingerprint density at radius 1 is 1.10 bits per heavy atom. The molecular weight excluding hydrogens is 246 g/mol. The van der Waals surface area contributed by atoms with Crippen molar-refractivity contribution in [3.8, 4) is 0 Å². The molecule has 104 valence electrons. The highest BCUT2D eigenvalue weighted by atomic mass is 16.2. The summed E-state index contributed by atoms with van der Waals surface area (Å²) in [6.07, 6.45) is 9.35. The van der Waals surface area contributed by atoms with Crippen molar-refractivity contribution in [3.05, 3.63) is 73.4 Å². The van der Waals surface area contributed by atoms with Crippen molar-refractivity contribution in [2.24, 2.45) is 5.92 Å². The molecule has 1 unspecified atom stereocenters. The van der Waals surface area contributed by atoms with Gasteiger partial charge in [0, 0.05) is 6.54 Å². The van der Waals surface area contributed by atoms with Crippen LogP contribution < -0.4 is 0 Å². The van der Waals surface area contributed by atoms with Gasteiger partial charge < -0.3 is 4.90 Å². The first-order chi connectivity index (χ1) is 9.76. The van der Waals surface area contributed by atoms with E-state index in [9.17, 15) is 4.79 Å². The maximum Gasteiger partial charge on any atom is 0.230 e. The van der Waals surface area contributed by atoms with E-state index >= 15 is 0 Å². The molecule has 1 aromatic rings. The van der Waals surface area contributed by atoms with Crippen molar-refractivity contribution in [1.82, 2.24) is 4.90 Å². The SMILES string of the molecule is C=CC[C@H]1C=CC(Cc2ccccc2)C(=O)N1CC=C. The lowest BCUT2D eigenvalue weighted by Gasteiger charge is -2.34. The van der Waals surface area contributed by atoms with E-state index in [2.05, 4.69) is 31.4 Å². The Balaban J connectivity index is 2.15. The lowest BCUT2D eigenvalue weighted by molar-refractivity contribution is -0.135. The number of nitrogens with zero attached hydrogens (tertiary/aromatic N) is 1. The smallest absolute Gasteiger partial charge is 0.230 e. The average Bonchev–Trinajstić information content (AvgIpc) is 2.47. The van der Waals surface area contributed by atoms with Crippen molar-refractivity contribution in [2.75, 3.05) is 6.54 Å². The summed E-state index contributed by atoms with van der Waals surface area (Å²) in [5.41, 5.74) is 1.19. The summed E-state index contributed by atoms with van der Waals surface area (Å²) >= 11 is 0. The monoisotopic (exact) mass is 267 g/mol. The van der Waals surface area contributed by atoms with Gasteiger partial charge in [0.1, 0.15) is 0 Å². The van der Waals surface area contributed by atoms with Crippen LogP contribution in [0.1, 0.15) is 12.0 Å². The molecule has 2 atom stereocenters. The van der Waals surface area contributed by atoms with Crippen LogP contribution in [-0.4, -0.2) is 23.4 Å². The first kappa shape index (κ1) is 14.3. The minimum atomic E-state index is -0.0709. The van der Waals surface area contributed by atoms with Gasteiger partial charge in [0.2, 0.25) is 5.91 Å². The second kappa shape index (κ2) is 6.90. The summed E-state index contributed by atoms with van der Waals surface area (Å²) in [6.45, 7) is 8.10. The number of rotatable bonds is 6. The van der Waals surface area contributed by atoms with E-state index in [-0.39, 0.29) is 17.9 Å². The van der Waals surface area contributed by atoms with Crippen LogP contribution in [0.4, 0.5) is 0 Å². The third kappa shape index (κ3) is 3.27. The molecule has 2 nitrogen and oxygen atoms in total. The number of carbonyl (C=O) groups excluding carboxylic acids is 1. The van der Waals surface area contributed by atoms with Gasteiger partial charge in [-0.15, -0.1) is 13.2 Å². The first-order valence-electron chi connectivity index (χ1n) is 7.00. The van der Waals surface area contributed by atoms with Crippen molar-refractivity contribution in [3.63, 3.8) is 0 Å². The van der Waals surface area contributed by atoms with Gasteiger partial charge >= 0.3 is 0 Å². The zero-order chi connectivity index (χ0) is 14.4. The molecular formula is C18H21NO. The molecule has 0 spiro atoms. The van der Waals surface area contributed by atoms with E-state index in [1.54, 1.807) is 6.08 Å². The normalized spacial score (nSPS) is 21.8. The van der Waals surface area contributed by atoms with E-state index < -0.39 is 0 Å². The molecule has 2 rings (SSSR count). The van der Waals surface area contributed by atoms with Crippen molar-refractivity contribution >= 4 is 5.91 Å². The minimum Gasteiger partial charge on any atom is -0.332 e. The topological polar surface area (TPSA) is 20.3 Å². The fourth-order valence-corrected chi connectivity index (χ4v) is 2.59. The largest absolute Gasteiger partial charge is 0.332 e. The fourth-order valence-electron chi connectivity index (χ4n) is 2.59. The van der Waals surface area contributed by atoms with Crippen LogP contribution in [0.2, 0.25) is 0 Å². The molecule has 0 bridgehead atoms. The van der Waals surface area contributed by atoms with Crippen LogP contribution in [0.25, 0.3) is 0 Å².